The Bertz CT molecular complexity index is 679. The van der Waals surface area contributed by atoms with Crippen LogP contribution in [-0.2, 0) is 26.6 Å². The highest BCUT2D eigenvalue weighted by molar-refractivity contribution is 7.89. The van der Waals surface area contributed by atoms with Crippen molar-refractivity contribution in [1.29, 1.82) is 0 Å². The molecule has 0 radical (unpaired) electrons. The monoisotopic (exact) mass is 318 g/mol. The van der Waals surface area contributed by atoms with Crippen molar-refractivity contribution in [3.8, 4) is 0 Å². The predicted octanol–water partition coefficient (Wildman–Crippen LogP) is 0.472. The van der Waals surface area contributed by atoms with Crippen LogP contribution in [0.5, 0.6) is 0 Å². The van der Waals surface area contributed by atoms with Crippen LogP contribution in [0.3, 0.4) is 0 Å². The molecular formula is C12H18N2O4S2. The van der Waals surface area contributed by atoms with Gasteiger partial charge in [-0.3, -0.25) is 0 Å². The SMILES string of the molecule is CN(C)S(=O)(=O)c1ccc(CN2CCCS2(=O)=O)cc1. The van der Waals surface area contributed by atoms with Gasteiger partial charge in [0.2, 0.25) is 20.0 Å². The van der Waals surface area contributed by atoms with E-state index < -0.39 is 20.0 Å². The first-order valence-corrected chi connectivity index (χ1v) is 9.28. The lowest BCUT2D eigenvalue weighted by Crippen LogP contribution is -2.25. The normalized spacial score (nSPS) is 19.6. The van der Waals surface area contributed by atoms with Gasteiger partial charge in [-0.1, -0.05) is 12.1 Å². The highest BCUT2D eigenvalue weighted by Gasteiger charge is 2.28. The Labute approximate surface area is 120 Å². The molecule has 0 bridgehead atoms. The number of hydrogen-bond donors (Lipinski definition) is 0. The Kier molecular flexibility index (Phi) is 4.19. The highest BCUT2D eigenvalue weighted by atomic mass is 32.2. The third-order valence-electron chi connectivity index (χ3n) is 3.26. The van der Waals surface area contributed by atoms with Crippen molar-refractivity contribution in [2.75, 3.05) is 26.4 Å². The fourth-order valence-corrected chi connectivity index (χ4v) is 4.46. The van der Waals surface area contributed by atoms with Crippen molar-refractivity contribution in [2.24, 2.45) is 0 Å². The number of rotatable bonds is 4. The van der Waals surface area contributed by atoms with Crippen LogP contribution in [0.15, 0.2) is 29.2 Å². The van der Waals surface area contributed by atoms with Gasteiger partial charge in [0.1, 0.15) is 0 Å². The van der Waals surface area contributed by atoms with Crippen LogP contribution in [0, 0.1) is 0 Å². The maximum atomic E-state index is 11.9. The summed E-state index contributed by atoms with van der Waals surface area (Å²) in [5.41, 5.74) is 0.785. The minimum absolute atomic E-state index is 0.195. The molecule has 1 aliphatic rings. The standard InChI is InChI=1S/C12H18N2O4S2/c1-13(2)20(17,18)12-6-4-11(5-7-12)10-14-8-3-9-19(14,15)16/h4-7H,3,8-10H2,1-2H3. The Morgan fingerprint density at radius 3 is 2.25 bits per heavy atom. The first-order valence-electron chi connectivity index (χ1n) is 6.23. The van der Waals surface area contributed by atoms with Crippen LogP contribution in [-0.4, -0.2) is 51.8 Å². The number of nitrogens with zero attached hydrogens (tertiary/aromatic N) is 2. The fraction of sp³-hybridized carbons (Fsp3) is 0.500. The van der Waals surface area contributed by atoms with Gasteiger partial charge in [-0.15, -0.1) is 0 Å². The third kappa shape index (κ3) is 3.03. The van der Waals surface area contributed by atoms with Crippen molar-refractivity contribution < 1.29 is 16.8 Å². The van der Waals surface area contributed by atoms with Gasteiger partial charge >= 0.3 is 0 Å². The van der Waals surface area contributed by atoms with Crippen molar-refractivity contribution >= 4 is 20.0 Å². The van der Waals surface area contributed by atoms with Gasteiger partial charge in [0, 0.05) is 27.2 Å². The maximum Gasteiger partial charge on any atom is 0.242 e. The summed E-state index contributed by atoms with van der Waals surface area (Å²) in [6.07, 6.45) is 0.648. The Balaban J connectivity index is 2.18. The van der Waals surface area contributed by atoms with E-state index in [1.165, 1.54) is 30.5 Å². The van der Waals surface area contributed by atoms with Gasteiger partial charge in [-0.05, 0) is 24.1 Å². The zero-order valence-corrected chi connectivity index (χ0v) is 13.1. The molecule has 0 amide bonds. The van der Waals surface area contributed by atoms with Gasteiger partial charge in [-0.25, -0.2) is 21.1 Å². The molecule has 1 saturated heterocycles. The van der Waals surface area contributed by atoms with Crippen molar-refractivity contribution in [3.05, 3.63) is 29.8 Å². The quantitative estimate of drug-likeness (QED) is 0.809. The van der Waals surface area contributed by atoms with Crippen LogP contribution >= 0.6 is 0 Å². The van der Waals surface area contributed by atoms with E-state index in [9.17, 15) is 16.8 Å². The first-order chi connectivity index (χ1) is 9.23. The summed E-state index contributed by atoms with van der Waals surface area (Å²) in [4.78, 5) is 0.204. The fourth-order valence-electron chi connectivity index (χ4n) is 2.05. The summed E-state index contributed by atoms with van der Waals surface area (Å²) >= 11 is 0. The van der Waals surface area contributed by atoms with Gasteiger partial charge in [-0.2, -0.15) is 4.31 Å². The average Bonchev–Trinajstić information content (AvgIpc) is 2.69. The average molecular weight is 318 g/mol. The molecule has 1 aliphatic heterocycles. The predicted molar refractivity (Wildman–Crippen MR) is 76.1 cm³/mol. The van der Waals surface area contributed by atoms with E-state index in [4.69, 9.17) is 0 Å². The second-order valence-electron chi connectivity index (χ2n) is 4.93. The van der Waals surface area contributed by atoms with E-state index in [-0.39, 0.29) is 10.6 Å². The Morgan fingerprint density at radius 1 is 1.20 bits per heavy atom. The summed E-state index contributed by atoms with van der Waals surface area (Å²) in [7, 11) is -3.63. The molecule has 1 aromatic carbocycles. The number of hydrogen-bond acceptors (Lipinski definition) is 4. The van der Waals surface area contributed by atoms with Gasteiger partial charge < -0.3 is 0 Å². The minimum Gasteiger partial charge on any atom is -0.212 e. The molecule has 112 valence electrons. The molecule has 0 spiro atoms. The zero-order valence-electron chi connectivity index (χ0n) is 11.5. The lowest BCUT2D eigenvalue weighted by Gasteiger charge is -2.15. The number of sulfonamides is 2. The third-order valence-corrected chi connectivity index (χ3v) is 7.00. The Hall–Kier alpha value is -0.960. The van der Waals surface area contributed by atoms with E-state index in [2.05, 4.69) is 0 Å². The molecular weight excluding hydrogens is 300 g/mol. The second-order valence-corrected chi connectivity index (χ2v) is 9.17. The largest absolute Gasteiger partial charge is 0.242 e. The van der Waals surface area contributed by atoms with Crippen molar-refractivity contribution in [3.63, 3.8) is 0 Å². The molecule has 0 N–H and O–H groups in total. The molecule has 0 aromatic heterocycles. The highest BCUT2D eigenvalue weighted by Crippen LogP contribution is 2.19. The van der Waals surface area contributed by atoms with Crippen molar-refractivity contribution in [1.82, 2.24) is 8.61 Å². The lowest BCUT2D eigenvalue weighted by atomic mass is 10.2. The van der Waals surface area contributed by atoms with Crippen LogP contribution in [0.1, 0.15) is 12.0 Å². The van der Waals surface area contributed by atoms with Gasteiger partial charge in [0.15, 0.2) is 0 Å². The summed E-state index contributed by atoms with van der Waals surface area (Å²) < 4.78 is 49.8. The van der Waals surface area contributed by atoms with E-state index in [1.54, 1.807) is 12.1 Å². The topological polar surface area (TPSA) is 74.8 Å². The minimum atomic E-state index is -3.44. The molecule has 0 unspecified atom stereocenters. The van der Waals surface area contributed by atoms with E-state index >= 15 is 0 Å². The maximum absolute atomic E-state index is 11.9. The first kappa shape index (κ1) is 15.4. The Morgan fingerprint density at radius 2 is 1.80 bits per heavy atom. The molecule has 1 heterocycles. The van der Waals surface area contributed by atoms with Crippen LogP contribution in [0.25, 0.3) is 0 Å². The summed E-state index contributed by atoms with van der Waals surface area (Å²) in [6, 6.07) is 6.33. The van der Waals surface area contributed by atoms with E-state index in [1.807, 2.05) is 0 Å². The molecule has 8 heteroatoms. The summed E-state index contributed by atoms with van der Waals surface area (Å²) in [5.74, 6) is 0.195. The lowest BCUT2D eigenvalue weighted by molar-refractivity contribution is 0.439. The van der Waals surface area contributed by atoms with Crippen LogP contribution in [0.4, 0.5) is 0 Å². The van der Waals surface area contributed by atoms with Crippen molar-refractivity contribution in [2.45, 2.75) is 17.9 Å². The van der Waals surface area contributed by atoms with Crippen LogP contribution in [0.2, 0.25) is 0 Å². The molecule has 2 rings (SSSR count). The zero-order chi connectivity index (χ0) is 15.0. The molecule has 0 atom stereocenters. The molecule has 1 aromatic rings. The van der Waals surface area contributed by atoms with Gasteiger partial charge in [0.25, 0.3) is 0 Å². The molecule has 1 fully saturated rings. The second kappa shape index (κ2) is 5.44. The molecule has 0 aliphatic carbocycles. The summed E-state index contributed by atoms with van der Waals surface area (Å²) in [5, 5.41) is 0. The summed E-state index contributed by atoms with van der Waals surface area (Å²) in [6.45, 7) is 0.824. The molecule has 0 saturated carbocycles. The van der Waals surface area contributed by atoms with Crippen LogP contribution < -0.4 is 0 Å². The molecule has 20 heavy (non-hydrogen) atoms. The molecule has 6 nitrogen and oxygen atoms in total. The van der Waals surface area contributed by atoms with E-state index in [0.717, 1.165) is 9.87 Å². The van der Waals surface area contributed by atoms with Gasteiger partial charge in [0.05, 0.1) is 10.6 Å². The van der Waals surface area contributed by atoms with E-state index in [0.29, 0.717) is 19.5 Å². The number of benzene rings is 1. The smallest absolute Gasteiger partial charge is 0.212 e.